The second kappa shape index (κ2) is 8.53. The minimum Gasteiger partial charge on any atom is -0.508 e. The van der Waals surface area contributed by atoms with E-state index in [-0.39, 0.29) is 17.4 Å². The Morgan fingerprint density at radius 1 is 1.03 bits per heavy atom. The maximum Gasteiger partial charge on any atom is 0.243 e. The molecule has 156 valence electrons. The average Bonchev–Trinajstić information content (AvgIpc) is 3.12. The summed E-state index contributed by atoms with van der Waals surface area (Å²) in [4.78, 5) is 12.3. The summed E-state index contributed by atoms with van der Waals surface area (Å²) in [5, 5.41) is 23.2. The molecule has 0 fully saturated rings. The third-order valence-electron chi connectivity index (χ3n) is 4.86. The highest BCUT2D eigenvalue weighted by Gasteiger charge is 2.17. The molecule has 31 heavy (non-hydrogen) atoms. The van der Waals surface area contributed by atoms with Crippen LogP contribution in [0.5, 0.6) is 23.0 Å². The van der Waals surface area contributed by atoms with Crippen LogP contribution in [0.15, 0.2) is 66.7 Å². The van der Waals surface area contributed by atoms with Crippen molar-refractivity contribution in [2.24, 2.45) is 0 Å². The number of nitrogens with one attached hydrogen (secondary N) is 1. The van der Waals surface area contributed by atoms with E-state index in [1.807, 2.05) is 49.4 Å². The largest absolute Gasteiger partial charge is 0.508 e. The summed E-state index contributed by atoms with van der Waals surface area (Å²) < 4.78 is 7.20. The first-order valence-corrected chi connectivity index (χ1v) is 10.5. The van der Waals surface area contributed by atoms with E-state index in [9.17, 15) is 15.0 Å². The number of aryl methyl sites for hydroxylation is 1. The predicted octanol–water partition coefficient (Wildman–Crippen LogP) is 5.84. The topological polar surface area (TPSA) is 78.8 Å². The summed E-state index contributed by atoms with van der Waals surface area (Å²) >= 11 is 1.52. The Bertz CT molecular complexity index is 1290. The van der Waals surface area contributed by atoms with Crippen molar-refractivity contribution in [2.45, 2.75) is 6.92 Å². The molecular weight excluding hydrogens is 410 g/mol. The fourth-order valence-corrected chi connectivity index (χ4v) is 4.33. The molecule has 1 amide bonds. The Morgan fingerprint density at radius 3 is 2.52 bits per heavy atom. The average molecular weight is 432 g/mol. The number of hydrogen-bond acceptors (Lipinski definition) is 5. The van der Waals surface area contributed by atoms with Crippen molar-refractivity contribution in [2.75, 3.05) is 7.05 Å². The molecule has 0 saturated carbocycles. The maximum atomic E-state index is 11.4. The van der Waals surface area contributed by atoms with Crippen LogP contribution in [0.4, 0.5) is 0 Å². The molecule has 3 aromatic carbocycles. The van der Waals surface area contributed by atoms with Crippen molar-refractivity contribution in [3.63, 3.8) is 0 Å². The molecule has 0 aliphatic rings. The molecule has 4 aromatic rings. The molecule has 4 rings (SSSR count). The number of ether oxygens (including phenoxy) is 1. The lowest BCUT2D eigenvalue weighted by atomic mass is 10.1. The van der Waals surface area contributed by atoms with Crippen molar-refractivity contribution in [3.8, 4) is 33.4 Å². The lowest BCUT2D eigenvalue weighted by Crippen LogP contribution is -2.13. The lowest BCUT2D eigenvalue weighted by Gasteiger charge is -2.09. The standard InChI is InChI=1S/C25H21NO4S/c1-15-13-17(6-11-21(15)28)25-24(20-10-7-18(27)14-22(20)31-25)30-19-8-3-16(4-9-19)5-12-23(29)26-2/h3-14,27-28H,1-2H3,(H,26,29). The van der Waals surface area contributed by atoms with Crippen molar-refractivity contribution in [1.82, 2.24) is 5.32 Å². The van der Waals surface area contributed by atoms with Gasteiger partial charge < -0.3 is 20.3 Å². The van der Waals surface area contributed by atoms with E-state index in [2.05, 4.69) is 5.32 Å². The van der Waals surface area contributed by atoms with E-state index < -0.39 is 0 Å². The number of phenols is 2. The van der Waals surface area contributed by atoms with Gasteiger partial charge in [-0.25, -0.2) is 0 Å². The van der Waals surface area contributed by atoms with Crippen LogP contribution in [0.1, 0.15) is 11.1 Å². The van der Waals surface area contributed by atoms with E-state index in [1.165, 1.54) is 17.4 Å². The minimum absolute atomic E-state index is 0.165. The Kier molecular flexibility index (Phi) is 5.64. The number of carbonyl (C=O) groups is 1. The Balaban J connectivity index is 1.73. The van der Waals surface area contributed by atoms with Gasteiger partial charge >= 0.3 is 0 Å². The van der Waals surface area contributed by atoms with Crippen LogP contribution in [0.3, 0.4) is 0 Å². The highest BCUT2D eigenvalue weighted by molar-refractivity contribution is 7.22. The van der Waals surface area contributed by atoms with Gasteiger partial charge in [-0.05, 0) is 78.2 Å². The van der Waals surface area contributed by atoms with Crippen LogP contribution in [0.2, 0.25) is 0 Å². The molecule has 0 unspecified atom stereocenters. The molecule has 0 atom stereocenters. The molecule has 5 nitrogen and oxygen atoms in total. The number of aromatic hydroxyl groups is 2. The van der Waals surface area contributed by atoms with Crippen LogP contribution in [-0.4, -0.2) is 23.2 Å². The van der Waals surface area contributed by atoms with Crippen LogP contribution in [0.25, 0.3) is 26.6 Å². The number of phenolic OH excluding ortho intramolecular Hbond substituents is 2. The number of rotatable bonds is 5. The zero-order chi connectivity index (χ0) is 22.0. The molecule has 3 N–H and O–H groups in total. The number of fused-ring (bicyclic) bond motifs is 1. The fourth-order valence-electron chi connectivity index (χ4n) is 3.17. The highest BCUT2D eigenvalue weighted by Crippen LogP contribution is 2.47. The van der Waals surface area contributed by atoms with E-state index in [1.54, 1.807) is 31.3 Å². The zero-order valence-corrected chi connectivity index (χ0v) is 17.9. The number of thiophene rings is 1. The van der Waals surface area contributed by atoms with Crippen molar-refractivity contribution in [3.05, 3.63) is 77.9 Å². The van der Waals surface area contributed by atoms with Gasteiger partial charge in [-0.3, -0.25) is 4.79 Å². The van der Waals surface area contributed by atoms with Crippen molar-refractivity contribution >= 4 is 33.4 Å². The van der Waals surface area contributed by atoms with Crippen LogP contribution in [0, 0.1) is 6.92 Å². The zero-order valence-electron chi connectivity index (χ0n) is 17.0. The summed E-state index contributed by atoms with van der Waals surface area (Å²) in [7, 11) is 1.59. The number of hydrogen-bond donors (Lipinski definition) is 3. The van der Waals surface area contributed by atoms with Gasteiger partial charge in [0.05, 0.1) is 4.88 Å². The van der Waals surface area contributed by atoms with Crippen LogP contribution >= 0.6 is 11.3 Å². The van der Waals surface area contributed by atoms with Crippen LogP contribution < -0.4 is 10.1 Å². The van der Waals surface area contributed by atoms with Gasteiger partial charge in [0.15, 0.2) is 5.75 Å². The van der Waals surface area contributed by atoms with Crippen molar-refractivity contribution in [1.29, 1.82) is 0 Å². The summed E-state index contributed by atoms with van der Waals surface area (Å²) in [5.74, 6) is 1.62. The highest BCUT2D eigenvalue weighted by atomic mass is 32.1. The van der Waals surface area contributed by atoms with E-state index in [4.69, 9.17) is 4.74 Å². The van der Waals surface area contributed by atoms with Gasteiger partial charge in [-0.15, -0.1) is 11.3 Å². The molecule has 6 heteroatoms. The van der Waals surface area contributed by atoms with E-state index >= 15 is 0 Å². The summed E-state index contributed by atoms with van der Waals surface area (Å²) in [6, 6.07) is 18.1. The van der Waals surface area contributed by atoms with E-state index in [0.717, 1.165) is 31.7 Å². The molecule has 0 bridgehead atoms. The van der Waals surface area contributed by atoms with E-state index in [0.29, 0.717) is 11.5 Å². The molecule has 0 aliphatic heterocycles. The first kappa shape index (κ1) is 20.5. The summed E-state index contributed by atoms with van der Waals surface area (Å²) in [5.41, 5.74) is 2.58. The number of likely N-dealkylation sites (N-methyl/N-ethyl adjacent to an activating group) is 1. The monoisotopic (exact) mass is 431 g/mol. The second-order valence-electron chi connectivity index (χ2n) is 7.06. The quantitative estimate of drug-likeness (QED) is 0.347. The number of carbonyl (C=O) groups excluding carboxylic acids is 1. The molecule has 0 saturated heterocycles. The first-order chi connectivity index (χ1) is 14.9. The first-order valence-electron chi connectivity index (χ1n) is 9.68. The van der Waals surface area contributed by atoms with Gasteiger partial charge in [0, 0.05) is 23.2 Å². The predicted molar refractivity (Wildman–Crippen MR) is 125 cm³/mol. The van der Waals surface area contributed by atoms with Crippen molar-refractivity contribution < 1.29 is 19.7 Å². The Hall–Kier alpha value is -3.77. The minimum atomic E-state index is -0.165. The van der Waals surface area contributed by atoms with Gasteiger partial charge in [-0.2, -0.15) is 0 Å². The second-order valence-corrected chi connectivity index (χ2v) is 8.11. The smallest absolute Gasteiger partial charge is 0.243 e. The molecule has 1 heterocycles. The number of amides is 1. The SMILES string of the molecule is CNC(=O)C=Cc1ccc(Oc2c(-c3ccc(O)c(C)c3)sc3cc(O)ccc23)cc1. The van der Waals surface area contributed by atoms with Gasteiger partial charge in [0.25, 0.3) is 0 Å². The Labute approximate surface area is 183 Å². The maximum absolute atomic E-state index is 11.4. The Morgan fingerprint density at radius 2 is 1.81 bits per heavy atom. The fraction of sp³-hybridized carbons (Fsp3) is 0.0800. The molecular formula is C25H21NO4S. The lowest BCUT2D eigenvalue weighted by molar-refractivity contribution is -0.115. The van der Waals surface area contributed by atoms with Gasteiger partial charge in [0.2, 0.25) is 5.91 Å². The third-order valence-corrected chi connectivity index (χ3v) is 6.04. The van der Waals surface area contributed by atoms with Gasteiger partial charge in [0.1, 0.15) is 17.2 Å². The molecule has 0 radical (unpaired) electrons. The van der Waals surface area contributed by atoms with Crippen LogP contribution in [-0.2, 0) is 4.79 Å². The molecule has 0 spiro atoms. The van der Waals surface area contributed by atoms with Gasteiger partial charge in [-0.1, -0.05) is 12.1 Å². The molecule has 0 aliphatic carbocycles. The normalized spacial score (nSPS) is 11.2. The third kappa shape index (κ3) is 4.39. The number of benzene rings is 3. The molecule has 1 aromatic heterocycles. The summed E-state index contributed by atoms with van der Waals surface area (Å²) in [6.07, 6.45) is 3.20. The summed E-state index contributed by atoms with van der Waals surface area (Å²) in [6.45, 7) is 1.85.